The van der Waals surface area contributed by atoms with Gasteiger partial charge in [0.25, 0.3) is 5.91 Å². The van der Waals surface area contributed by atoms with Crippen molar-refractivity contribution in [2.24, 2.45) is 0 Å². The second-order valence-electron chi connectivity index (χ2n) is 6.27. The van der Waals surface area contributed by atoms with Crippen molar-refractivity contribution >= 4 is 33.7 Å². The van der Waals surface area contributed by atoms with Crippen LogP contribution >= 0.6 is 22.7 Å². The first-order valence-corrected chi connectivity index (χ1v) is 10.3. The summed E-state index contributed by atoms with van der Waals surface area (Å²) in [5.74, 6) is -0.228. The summed E-state index contributed by atoms with van der Waals surface area (Å²) in [6.07, 6.45) is 1.81. The number of aromatic nitrogens is 1. The van der Waals surface area contributed by atoms with Gasteiger partial charge in [-0.2, -0.15) is 11.3 Å². The molecule has 7 heteroatoms. The lowest BCUT2D eigenvalue weighted by atomic mass is 10.1. The Labute approximate surface area is 159 Å². The van der Waals surface area contributed by atoms with Gasteiger partial charge in [-0.25, -0.2) is 9.37 Å². The predicted octanol–water partition coefficient (Wildman–Crippen LogP) is 4.41. The highest BCUT2D eigenvalue weighted by atomic mass is 32.1. The Bertz CT molecular complexity index is 869. The molecule has 1 saturated heterocycles. The normalized spacial score (nSPS) is 15.2. The van der Waals surface area contributed by atoms with E-state index in [9.17, 15) is 9.18 Å². The third kappa shape index (κ3) is 3.78. The summed E-state index contributed by atoms with van der Waals surface area (Å²) in [5.41, 5.74) is 2.53. The van der Waals surface area contributed by atoms with Crippen molar-refractivity contribution < 1.29 is 9.18 Å². The van der Waals surface area contributed by atoms with E-state index in [1.54, 1.807) is 23.5 Å². The summed E-state index contributed by atoms with van der Waals surface area (Å²) < 4.78 is 13.1. The summed E-state index contributed by atoms with van der Waals surface area (Å²) in [7, 11) is 0. The number of hydrogen-bond donors (Lipinski definition) is 1. The molecule has 0 atom stereocenters. The smallest absolute Gasteiger partial charge is 0.252 e. The van der Waals surface area contributed by atoms with Crippen LogP contribution in [0.25, 0.3) is 11.3 Å². The number of carbonyl (C=O) groups is 1. The molecule has 0 saturated carbocycles. The van der Waals surface area contributed by atoms with E-state index in [2.05, 4.69) is 10.2 Å². The van der Waals surface area contributed by atoms with E-state index in [1.807, 2.05) is 22.2 Å². The number of benzene rings is 1. The third-order valence-corrected chi connectivity index (χ3v) is 6.10. The van der Waals surface area contributed by atoms with Crippen LogP contribution in [0.3, 0.4) is 0 Å². The molecule has 1 aromatic carbocycles. The fourth-order valence-corrected chi connectivity index (χ4v) is 4.56. The molecule has 0 spiro atoms. The summed E-state index contributed by atoms with van der Waals surface area (Å²) in [5, 5.41) is 9.89. The highest BCUT2D eigenvalue weighted by Crippen LogP contribution is 2.29. The topological polar surface area (TPSA) is 45.2 Å². The van der Waals surface area contributed by atoms with Crippen molar-refractivity contribution in [3.63, 3.8) is 0 Å². The van der Waals surface area contributed by atoms with E-state index in [0.717, 1.165) is 47.9 Å². The van der Waals surface area contributed by atoms with Crippen LogP contribution in [0.5, 0.6) is 0 Å². The van der Waals surface area contributed by atoms with Crippen LogP contribution in [0.2, 0.25) is 0 Å². The average molecular weight is 388 g/mol. The molecule has 2 aromatic heterocycles. The Hall–Kier alpha value is -2.25. The van der Waals surface area contributed by atoms with Crippen LogP contribution in [0.1, 0.15) is 23.2 Å². The Balaban J connectivity index is 1.35. The molecule has 3 aromatic rings. The summed E-state index contributed by atoms with van der Waals surface area (Å²) >= 11 is 3.14. The maximum Gasteiger partial charge on any atom is 0.252 e. The molecule has 1 aliphatic heterocycles. The molecular weight excluding hydrogens is 369 g/mol. The number of halogens is 1. The lowest BCUT2D eigenvalue weighted by Crippen LogP contribution is -2.44. The summed E-state index contributed by atoms with van der Waals surface area (Å²) in [6.45, 7) is 1.73. The number of piperidine rings is 1. The molecule has 26 heavy (non-hydrogen) atoms. The van der Waals surface area contributed by atoms with Crippen LogP contribution in [0.4, 0.5) is 9.52 Å². The number of thiophene rings is 1. The lowest BCUT2D eigenvalue weighted by molar-refractivity contribution is 0.0931. The SMILES string of the molecule is O=C(NC1CCN(c2nc(-c3ccc(F)cc3)cs2)CC1)c1ccsc1. The number of hydrogen-bond acceptors (Lipinski definition) is 5. The van der Waals surface area contributed by atoms with Gasteiger partial charge in [-0.3, -0.25) is 4.79 Å². The zero-order valence-electron chi connectivity index (χ0n) is 14.0. The largest absolute Gasteiger partial charge is 0.349 e. The molecule has 0 bridgehead atoms. The van der Waals surface area contributed by atoms with Crippen molar-refractivity contribution in [2.45, 2.75) is 18.9 Å². The van der Waals surface area contributed by atoms with E-state index in [0.29, 0.717) is 0 Å². The van der Waals surface area contributed by atoms with Gasteiger partial charge in [-0.05, 0) is 48.6 Å². The number of nitrogens with zero attached hydrogens (tertiary/aromatic N) is 2. The zero-order chi connectivity index (χ0) is 17.9. The first-order chi connectivity index (χ1) is 12.7. The molecule has 0 unspecified atom stereocenters. The van der Waals surface area contributed by atoms with Gasteiger partial charge in [-0.15, -0.1) is 11.3 Å². The van der Waals surface area contributed by atoms with Gasteiger partial charge in [0.15, 0.2) is 5.13 Å². The molecule has 1 fully saturated rings. The van der Waals surface area contributed by atoms with Gasteiger partial charge in [-0.1, -0.05) is 0 Å². The van der Waals surface area contributed by atoms with E-state index >= 15 is 0 Å². The van der Waals surface area contributed by atoms with E-state index in [-0.39, 0.29) is 17.8 Å². The van der Waals surface area contributed by atoms with E-state index in [1.165, 1.54) is 23.5 Å². The van der Waals surface area contributed by atoms with Crippen LogP contribution in [0, 0.1) is 5.82 Å². The highest BCUT2D eigenvalue weighted by Gasteiger charge is 2.23. The van der Waals surface area contributed by atoms with Crippen molar-refractivity contribution in [2.75, 3.05) is 18.0 Å². The lowest BCUT2D eigenvalue weighted by Gasteiger charge is -2.32. The summed E-state index contributed by atoms with van der Waals surface area (Å²) in [4.78, 5) is 19.1. The molecule has 4 rings (SSSR count). The summed E-state index contributed by atoms with van der Waals surface area (Å²) in [6, 6.07) is 8.46. The molecular formula is C19H18FN3OS2. The maximum absolute atomic E-state index is 13.1. The number of amides is 1. The molecule has 3 heterocycles. The minimum absolute atomic E-state index is 0.0116. The Morgan fingerprint density at radius 3 is 2.62 bits per heavy atom. The number of rotatable bonds is 4. The van der Waals surface area contributed by atoms with Crippen molar-refractivity contribution in [1.29, 1.82) is 0 Å². The Morgan fingerprint density at radius 1 is 1.15 bits per heavy atom. The van der Waals surface area contributed by atoms with Gasteiger partial charge in [0.2, 0.25) is 0 Å². The average Bonchev–Trinajstić information content (AvgIpc) is 3.35. The third-order valence-electron chi connectivity index (χ3n) is 4.52. The molecule has 1 amide bonds. The second-order valence-corrected chi connectivity index (χ2v) is 7.89. The minimum Gasteiger partial charge on any atom is -0.349 e. The van der Waals surface area contributed by atoms with E-state index < -0.39 is 0 Å². The van der Waals surface area contributed by atoms with Gasteiger partial charge in [0, 0.05) is 41.0 Å². The standard InChI is InChI=1S/C19H18FN3OS2/c20-15-3-1-13(2-4-15)17-12-26-19(22-17)23-8-5-16(6-9-23)21-18(24)14-7-10-25-11-14/h1-4,7,10-12,16H,5-6,8-9H2,(H,21,24). The minimum atomic E-state index is -0.240. The molecule has 4 nitrogen and oxygen atoms in total. The number of nitrogens with one attached hydrogen (secondary N) is 1. The van der Waals surface area contributed by atoms with Gasteiger partial charge >= 0.3 is 0 Å². The van der Waals surface area contributed by atoms with Crippen LogP contribution < -0.4 is 10.2 Å². The molecule has 1 N–H and O–H groups in total. The van der Waals surface area contributed by atoms with Crippen molar-refractivity contribution in [3.8, 4) is 11.3 Å². The fourth-order valence-electron chi connectivity index (χ4n) is 3.04. The van der Waals surface area contributed by atoms with Crippen molar-refractivity contribution in [1.82, 2.24) is 10.3 Å². The predicted molar refractivity (Wildman–Crippen MR) is 105 cm³/mol. The van der Waals surface area contributed by atoms with Gasteiger partial charge < -0.3 is 10.2 Å². The second kappa shape index (κ2) is 7.55. The number of carbonyl (C=O) groups excluding carboxylic acids is 1. The Kier molecular flexibility index (Phi) is 4.99. The maximum atomic E-state index is 13.1. The highest BCUT2D eigenvalue weighted by molar-refractivity contribution is 7.14. The molecule has 1 aliphatic rings. The molecule has 0 radical (unpaired) electrons. The number of thiazole rings is 1. The fraction of sp³-hybridized carbons (Fsp3) is 0.263. The zero-order valence-corrected chi connectivity index (χ0v) is 15.7. The van der Waals surface area contributed by atoms with Crippen molar-refractivity contribution in [3.05, 3.63) is 57.9 Å². The van der Waals surface area contributed by atoms with Gasteiger partial charge in [0.05, 0.1) is 5.69 Å². The first-order valence-electron chi connectivity index (χ1n) is 8.48. The monoisotopic (exact) mass is 387 g/mol. The number of anilines is 1. The quantitative estimate of drug-likeness (QED) is 0.721. The van der Waals surface area contributed by atoms with Gasteiger partial charge in [0.1, 0.15) is 5.82 Å². The molecule has 134 valence electrons. The molecule has 0 aliphatic carbocycles. The Morgan fingerprint density at radius 2 is 1.92 bits per heavy atom. The van der Waals surface area contributed by atoms with E-state index in [4.69, 9.17) is 4.98 Å². The first kappa shape index (κ1) is 17.2. The van der Waals surface area contributed by atoms with Crippen LogP contribution in [0.15, 0.2) is 46.5 Å². The van der Waals surface area contributed by atoms with Crippen LogP contribution in [-0.2, 0) is 0 Å². The van der Waals surface area contributed by atoms with Crippen LogP contribution in [-0.4, -0.2) is 30.0 Å².